The van der Waals surface area contributed by atoms with Crippen LogP contribution < -0.4 is 5.32 Å². The van der Waals surface area contributed by atoms with Crippen LogP contribution in [0.2, 0.25) is 0 Å². The van der Waals surface area contributed by atoms with Crippen molar-refractivity contribution in [2.75, 3.05) is 6.54 Å². The van der Waals surface area contributed by atoms with Crippen molar-refractivity contribution >= 4 is 11.8 Å². The van der Waals surface area contributed by atoms with E-state index in [9.17, 15) is 0 Å². The third-order valence-electron chi connectivity index (χ3n) is 1.60. The van der Waals surface area contributed by atoms with Crippen molar-refractivity contribution in [3.8, 4) is 0 Å². The number of thioether (sulfide) groups is 1. The molecule has 0 fully saturated rings. The molecule has 14 heavy (non-hydrogen) atoms. The first-order valence-electron chi connectivity index (χ1n) is 4.90. The van der Waals surface area contributed by atoms with Gasteiger partial charge in [0.15, 0.2) is 5.16 Å². The Balaban J connectivity index is 2.50. The lowest BCUT2D eigenvalue weighted by molar-refractivity contribution is 0.716. The molecule has 0 saturated heterocycles. The monoisotopic (exact) mass is 211 g/mol. The first-order chi connectivity index (χ1) is 6.72. The van der Waals surface area contributed by atoms with Gasteiger partial charge < -0.3 is 5.32 Å². The Hall–Kier alpha value is -0.610. The molecule has 0 spiro atoms. The summed E-state index contributed by atoms with van der Waals surface area (Å²) in [6.07, 6.45) is 3.78. The van der Waals surface area contributed by atoms with Crippen molar-refractivity contribution in [3.63, 3.8) is 0 Å². The molecule has 78 valence electrons. The predicted octanol–water partition coefficient (Wildman–Crippen LogP) is 2.09. The summed E-state index contributed by atoms with van der Waals surface area (Å²) < 4.78 is 0. The molecule has 0 aromatic carbocycles. The van der Waals surface area contributed by atoms with E-state index in [4.69, 9.17) is 0 Å². The molecule has 0 radical (unpaired) electrons. The SMILES string of the molecule is CCNCc1cnc(SC(C)C)nc1. The Labute approximate surface area is 89.7 Å². The third-order valence-corrected chi connectivity index (χ3v) is 2.49. The van der Waals surface area contributed by atoms with Crippen LogP contribution in [0.5, 0.6) is 0 Å². The molecule has 0 aliphatic carbocycles. The molecule has 3 nitrogen and oxygen atoms in total. The number of nitrogens with one attached hydrogen (secondary N) is 1. The van der Waals surface area contributed by atoms with Gasteiger partial charge in [0.25, 0.3) is 0 Å². The third kappa shape index (κ3) is 4.07. The van der Waals surface area contributed by atoms with Crippen molar-refractivity contribution in [3.05, 3.63) is 18.0 Å². The average molecular weight is 211 g/mol. The van der Waals surface area contributed by atoms with Crippen LogP contribution in [-0.4, -0.2) is 21.8 Å². The molecule has 0 bridgehead atoms. The molecule has 1 aromatic heterocycles. The fraction of sp³-hybridized carbons (Fsp3) is 0.600. The molecule has 1 rings (SSSR count). The summed E-state index contributed by atoms with van der Waals surface area (Å²) in [7, 11) is 0. The summed E-state index contributed by atoms with van der Waals surface area (Å²) in [4.78, 5) is 8.57. The minimum atomic E-state index is 0.537. The fourth-order valence-corrected chi connectivity index (χ4v) is 1.62. The summed E-state index contributed by atoms with van der Waals surface area (Å²) in [5.74, 6) is 0. The summed E-state index contributed by atoms with van der Waals surface area (Å²) in [6.45, 7) is 8.19. The predicted molar refractivity (Wildman–Crippen MR) is 60.4 cm³/mol. The number of nitrogens with zero attached hydrogens (tertiary/aromatic N) is 2. The number of aromatic nitrogens is 2. The van der Waals surface area contributed by atoms with E-state index in [0.717, 1.165) is 23.8 Å². The zero-order chi connectivity index (χ0) is 10.4. The number of hydrogen-bond acceptors (Lipinski definition) is 4. The summed E-state index contributed by atoms with van der Waals surface area (Å²) in [5, 5.41) is 4.64. The standard InChI is InChI=1S/C10H17N3S/c1-4-11-5-9-6-12-10(13-7-9)14-8(2)3/h6-8,11H,4-5H2,1-3H3. The van der Waals surface area contributed by atoms with Gasteiger partial charge in [-0.25, -0.2) is 9.97 Å². The second-order valence-electron chi connectivity index (χ2n) is 3.32. The van der Waals surface area contributed by atoms with Gasteiger partial charge in [-0.2, -0.15) is 0 Å². The van der Waals surface area contributed by atoms with E-state index in [0.29, 0.717) is 5.25 Å². The lowest BCUT2D eigenvalue weighted by Gasteiger charge is -2.04. The Kier molecular flexibility index (Phi) is 4.90. The average Bonchev–Trinajstić information content (AvgIpc) is 2.16. The minimum absolute atomic E-state index is 0.537. The zero-order valence-corrected chi connectivity index (χ0v) is 9.77. The highest BCUT2D eigenvalue weighted by atomic mass is 32.2. The summed E-state index contributed by atoms with van der Waals surface area (Å²) >= 11 is 1.69. The van der Waals surface area contributed by atoms with Gasteiger partial charge in [-0.15, -0.1) is 0 Å². The largest absolute Gasteiger partial charge is 0.313 e. The quantitative estimate of drug-likeness (QED) is 0.598. The van der Waals surface area contributed by atoms with Crippen LogP contribution in [-0.2, 0) is 6.54 Å². The molecule has 0 amide bonds. The maximum absolute atomic E-state index is 4.28. The van der Waals surface area contributed by atoms with E-state index in [1.807, 2.05) is 12.4 Å². The van der Waals surface area contributed by atoms with Crippen molar-refractivity contribution in [1.82, 2.24) is 15.3 Å². The van der Waals surface area contributed by atoms with Crippen LogP contribution in [0.25, 0.3) is 0 Å². The molecule has 4 heteroatoms. The van der Waals surface area contributed by atoms with Gasteiger partial charge in [-0.1, -0.05) is 32.5 Å². The highest BCUT2D eigenvalue weighted by Gasteiger charge is 2.00. The van der Waals surface area contributed by atoms with Gasteiger partial charge in [0, 0.05) is 29.8 Å². The molecular formula is C10H17N3S. The van der Waals surface area contributed by atoms with E-state index in [2.05, 4.69) is 36.1 Å². The highest BCUT2D eigenvalue weighted by molar-refractivity contribution is 7.99. The molecule has 0 saturated carbocycles. The van der Waals surface area contributed by atoms with Crippen molar-refractivity contribution in [2.45, 2.75) is 37.7 Å². The summed E-state index contributed by atoms with van der Waals surface area (Å²) in [5.41, 5.74) is 1.14. The van der Waals surface area contributed by atoms with Crippen LogP contribution in [0.4, 0.5) is 0 Å². The maximum atomic E-state index is 4.28. The molecule has 1 N–H and O–H groups in total. The van der Waals surface area contributed by atoms with Crippen LogP contribution in [0.3, 0.4) is 0 Å². The smallest absolute Gasteiger partial charge is 0.187 e. The normalized spacial score (nSPS) is 10.9. The second-order valence-corrected chi connectivity index (χ2v) is 4.86. The molecule has 0 unspecified atom stereocenters. The topological polar surface area (TPSA) is 37.8 Å². The molecule has 0 aliphatic rings. The Morgan fingerprint density at radius 3 is 2.50 bits per heavy atom. The number of rotatable bonds is 5. The fourth-order valence-electron chi connectivity index (χ4n) is 0.975. The Morgan fingerprint density at radius 1 is 1.36 bits per heavy atom. The van der Waals surface area contributed by atoms with Crippen LogP contribution in [0.15, 0.2) is 17.6 Å². The van der Waals surface area contributed by atoms with Gasteiger partial charge in [-0.05, 0) is 6.54 Å². The summed E-state index contributed by atoms with van der Waals surface area (Å²) in [6, 6.07) is 0. The molecule has 0 aliphatic heterocycles. The van der Waals surface area contributed by atoms with E-state index >= 15 is 0 Å². The first kappa shape index (κ1) is 11.5. The van der Waals surface area contributed by atoms with Crippen molar-refractivity contribution in [1.29, 1.82) is 0 Å². The lowest BCUT2D eigenvalue weighted by atomic mass is 10.3. The van der Waals surface area contributed by atoms with Crippen molar-refractivity contribution in [2.24, 2.45) is 0 Å². The molecular weight excluding hydrogens is 194 g/mol. The molecule has 1 aromatic rings. The Morgan fingerprint density at radius 2 is 2.00 bits per heavy atom. The van der Waals surface area contributed by atoms with Gasteiger partial charge >= 0.3 is 0 Å². The highest BCUT2D eigenvalue weighted by Crippen LogP contribution is 2.17. The lowest BCUT2D eigenvalue weighted by Crippen LogP contribution is -2.12. The second kappa shape index (κ2) is 5.98. The van der Waals surface area contributed by atoms with E-state index in [1.165, 1.54) is 0 Å². The van der Waals surface area contributed by atoms with E-state index < -0.39 is 0 Å². The molecule has 1 heterocycles. The Bertz CT molecular complexity index is 259. The number of hydrogen-bond donors (Lipinski definition) is 1. The van der Waals surface area contributed by atoms with Crippen LogP contribution >= 0.6 is 11.8 Å². The van der Waals surface area contributed by atoms with E-state index in [1.54, 1.807) is 11.8 Å². The van der Waals surface area contributed by atoms with Crippen molar-refractivity contribution < 1.29 is 0 Å². The van der Waals surface area contributed by atoms with Gasteiger partial charge in [0.2, 0.25) is 0 Å². The zero-order valence-electron chi connectivity index (χ0n) is 8.95. The van der Waals surface area contributed by atoms with Gasteiger partial charge in [0.1, 0.15) is 0 Å². The van der Waals surface area contributed by atoms with Gasteiger partial charge in [0.05, 0.1) is 0 Å². The van der Waals surface area contributed by atoms with Crippen LogP contribution in [0, 0.1) is 0 Å². The van der Waals surface area contributed by atoms with Crippen LogP contribution in [0.1, 0.15) is 26.3 Å². The molecule has 0 atom stereocenters. The van der Waals surface area contributed by atoms with E-state index in [-0.39, 0.29) is 0 Å². The van der Waals surface area contributed by atoms with Gasteiger partial charge in [-0.3, -0.25) is 0 Å². The maximum Gasteiger partial charge on any atom is 0.187 e. The first-order valence-corrected chi connectivity index (χ1v) is 5.78. The minimum Gasteiger partial charge on any atom is -0.313 e.